The Labute approximate surface area is 204 Å². The van der Waals surface area contributed by atoms with Crippen LogP contribution in [0.3, 0.4) is 0 Å². The molecule has 12 heteroatoms. The molecule has 0 fully saturated rings. The fourth-order valence-corrected chi connectivity index (χ4v) is 3.51. The Morgan fingerprint density at radius 2 is 1.58 bits per heavy atom. The van der Waals surface area contributed by atoms with Gasteiger partial charge in [-0.2, -0.15) is 18.3 Å². The molecule has 0 aliphatic carbocycles. The van der Waals surface area contributed by atoms with Gasteiger partial charge >= 0.3 is 12.5 Å². The monoisotopic (exact) mass is 525 g/mol. The Morgan fingerprint density at radius 3 is 2.22 bits per heavy atom. The third-order valence-electron chi connectivity index (χ3n) is 4.85. The molecule has 0 aliphatic rings. The molecule has 0 bridgehead atoms. The van der Waals surface area contributed by atoms with Gasteiger partial charge in [0.05, 0.1) is 16.4 Å². The van der Waals surface area contributed by atoms with Crippen molar-refractivity contribution in [2.45, 2.75) is 12.5 Å². The number of carbonyl (C=O) groups excluding carboxylic acids is 1. The number of nitrogens with zero attached hydrogens (tertiary/aromatic N) is 2. The summed E-state index contributed by atoms with van der Waals surface area (Å²) in [6.07, 6.45) is -9.59. The molecule has 1 amide bonds. The molecule has 0 saturated carbocycles. The van der Waals surface area contributed by atoms with Crippen LogP contribution in [0.15, 0.2) is 78.9 Å². The van der Waals surface area contributed by atoms with Crippen LogP contribution >= 0.6 is 11.6 Å². The van der Waals surface area contributed by atoms with Crippen molar-refractivity contribution in [3.63, 3.8) is 0 Å². The van der Waals surface area contributed by atoms with E-state index in [9.17, 15) is 31.1 Å². The maximum atomic E-state index is 13.4. The number of hydrogen-bond acceptors (Lipinski definition) is 3. The highest BCUT2D eigenvalue weighted by atomic mass is 35.5. The van der Waals surface area contributed by atoms with E-state index >= 15 is 0 Å². The highest BCUT2D eigenvalue weighted by Gasteiger charge is 2.35. The summed E-state index contributed by atoms with van der Waals surface area (Å²) in [6.45, 7) is 0. The van der Waals surface area contributed by atoms with E-state index in [2.05, 4.69) is 15.2 Å². The topological polar surface area (TPSA) is 56.1 Å². The van der Waals surface area contributed by atoms with Crippen LogP contribution in [0.2, 0.25) is 5.02 Å². The zero-order valence-electron chi connectivity index (χ0n) is 17.9. The maximum absolute atomic E-state index is 13.4. The lowest BCUT2D eigenvalue weighted by atomic mass is 10.1. The second kappa shape index (κ2) is 9.57. The third kappa shape index (κ3) is 5.80. The lowest BCUT2D eigenvalue weighted by molar-refractivity contribution is -0.274. The predicted molar refractivity (Wildman–Crippen MR) is 120 cm³/mol. The fourth-order valence-electron chi connectivity index (χ4n) is 3.30. The molecule has 0 unspecified atom stereocenters. The molecule has 0 radical (unpaired) electrons. The Kier molecular flexibility index (Phi) is 6.68. The number of anilines is 1. The van der Waals surface area contributed by atoms with Crippen LogP contribution in [0.5, 0.6) is 5.75 Å². The second-order valence-corrected chi connectivity index (χ2v) is 7.79. The van der Waals surface area contributed by atoms with E-state index in [0.717, 1.165) is 22.9 Å². The number of alkyl halides is 6. The van der Waals surface area contributed by atoms with E-state index in [1.807, 2.05) is 0 Å². The number of halogens is 7. The van der Waals surface area contributed by atoms with Gasteiger partial charge in [-0.05, 0) is 42.5 Å². The van der Waals surface area contributed by atoms with Crippen LogP contribution < -0.4 is 10.1 Å². The number of para-hydroxylation sites is 1. The minimum atomic E-state index is -4.89. The molecular formula is C24H14ClF6N3O2. The maximum Gasteiger partial charge on any atom is 0.573 e. The lowest BCUT2D eigenvalue weighted by Gasteiger charge is -2.11. The van der Waals surface area contributed by atoms with Gasteiger partial charge in [0.15, 0.2) is 5.69 Å². The normalized spacial score (nSPS) is 11.9. The quantitative estimate of drug-likeness (QED) is 0.277. The van der Waals surface area contributed by atoms with E-state index in [1.165, 1.54) is 48.5 Å². The van der Waals surface area contributed by atoms with Gasteiger partial charge in [-0.25, -0.2) is 4.68 Å². The van der Waals surface area contributed by atoms with Crippen molar-refractivity contribution in [2.24, 2.45) is 0 Å². The standard InChI is InChI=1S/C24H14ClF6N3O2/c25-18-6-1-2-7-19(18)34-20(13-21(33-34)23(26,27)28)14-8-10-15(11-9-14)22(35)32-16-4-3-5-17(12-16)36-24(29,30)31/h1-13H,(H,32,35). The molecule has 4 rings (SSSR count). The van der Waals surface area contributed by atoms with Crippen molar-refractivity contribution in [3.8, 4) is 22.7 Å². The Morgan fingerprint density at radius 1 is 0.889 bits per heavy atom. The van der Waals surface area contributed by atoms with Crippen LogP contribution in [-0.2, 0) is 6.18 Å². The van der Waals surface area contributed by atoms with E-state index in [1.54, 1.807) is 12.1 Å². The van der Waals surface area contributed by atoms with Crippen molar-refractivity contribution in [3.05, 3.63) is 95.1 Å². The highest BCUT2D eigenvalue weighted by Crippen LogP contribution is 2.34. The number of nitrogens with one attached hydrogen (secondary N) is 1. The molecule has 3 aromatic carbocycles. The number of ether oxygens (including phenoxy) is 1. The molecule has 0 aliphatic heterocycles. The summed E-state index contributed by atoms with van der Waals surface area (Å²) in [5.41, 5.74) is -0.333. The SMILES string of the molecule is O=C(Nc1cccc(OC(F)(F)F)c1)c1ccc(-c2cc(C(F)(F)F)nn2-c2ccccc2Cl)cc1. The summed E-state index contributed by atoms with van der Waals surface area (Å²) in [5.74, 6) is -1.16. The van der Waals surface area contributed by atoms with E-state index < -0.39 is 29.9 Å². The fraction of sp³-hybridized carbons (Fsp3) is 0.0833. The molecule has 0 saturated heterocycles. The smallest absolute Gasteiger partial charge is 0.406 e. The van der Waals surface area contributed by atoms with Gasteiger partial charge < -0.3 is 10.1 Å². The Balaban J connectivity index is 1.61. The van der Waals surface area contributed by atoms with Gasteiger partial charge in [0.25, 0.3) is 5.91 Å². The zero-order valence-corrected chi connectivity index (χ0v) is 18.6. The van der Waals surface area contributed by atoms with Gasteiger partial charge in [0.1, 0.15) is 5.75 Å². The molecule has 186 valence electrons. The van der Waals surface area contributed by atoms with Crippen LogP contribution in [-0.4, -0.2) is 22.1 Å². The average Bonchev–Trinajstić information content (AvgIpc) is 3.24. The number of benzene rings is 3. The van der Waals surface area contributed by atoms with Crippen LogP contribution in [0.1, 0.15) is 16.1 Å². The van der Waals surface area contributed by atoms with Crippen molar-refractivity contribution >= 4 is 23.2 Å². The number of rotatable bonds is 5. The molecule has 1 heterocycles. The summed E-state index contributed by atoms with van der Waals surface area (Å²) < 4.78 is 82.3. The third-order valence-corrected chi connectivity index (χ3v) is 5.17. The lowest BCUT2D eigenvalue weighted by Crippen LogP contribution is -2.17. The first-order chi connectivity index (χ1) is 16.9. The number of carbonyl (C=O) groups is 1. The van der Waals surface area contributed by atoms with E-state index in [4.69, 9.17) is 11.6 Å². The van der Waals surface area contributed by atoms with Crippen molar-refractivity contribution in [2.75, 3.05) is 5.32 Å². The molecule has 0 atom stereocenters. The van der Waals surface area contributed by atoms with Crippen molar-refractivity contribution in [1.82, 2.24) is 9.78 Å². The summed E-state index contributed by atoms with van der Waals surface area (Å²) in [6, 6.07) is 17.4. The first-order valence-electron chi connectivity index (χ1n) is 10.1. The first kappa shape index (κ1) is 25.1. The summed E-state index contributed by atoms with van der Waals surface area (Å²) in [5, 5.41) is 6.30. The first-order valence-corrected chi connectivity index (χ1v) is 10.5. The number of hydrogen-bond donors (Lipinski definition) is 1. The largest absolute Gasteiger partial charge is 0.573 e. The van der Waals surface area contributed by atoms with Crippen molar-refractivity contribution < 1.29 is 35.9 Å². The molecule has 0 spiro atoms. The van der Waals surface area contributed by atoms with Gasteiger partial charge in [-0.1, -0.05) is 41.9 Å². The minimum Gasteiger partial charge on any atom is -0.406 e. The number of amides is 1. The van der Waals surface area contributed by atoms with Gasteiger partial charge in [-0.15, -0.1) is 13.2 Å². The summed E-state index contributed by atoms with van der Waals surface area (Å²) in [7, 11) is 0. The minimum absolute atomic E-state index is 0.0532. The van der Waals surface area contributed by atoms with Crippen LogP contribution in [0.25, 0.3) is 16.9 Å². The number of aromatic nitrogens is 2. The average molecular weight is 526 g/mol. The Bertz CT molecular complexity index is 1400. The van der Waals surface area contributed by atoms with Gasteiger partial charge in [-0.3, -0.25) is 4.79 Å². The molecule has 1 aromatic heterocycles. The molecule has 36 heavy (non-hydrogen) atoms. The molecular weight excluding hydrogens is 512 g/mol. The summed E-state index contributed by atoms with van der Waals surface area (Å²) in [4.78, 5) is 12.6. The van der Waals surface area contributed by atoms with E-state index in [0.29, 0.717) is 5.56 Å². The highest BCUT2D eigenvalue weighted by molar-refractivity contribution is 6.32. The van der Waals surface area contributed by atoms with Gasteiger partial charge in [0, 0.05) is 22.9 Å². The Hall–Kier alpha value is -3.99. The van der Waals surface area contributed by atoms with Gasteiger partial charge in [0.2, 0.25) is 0 Å². The zero-order chi connectivity index (χ0) is 26.1. The van der Waals surface area contributed by atoms with Crippen LogP contribution in [0.4, 0.5) is 32.0 Å². The molecule has 1 N–H and O–H groups in total. The summed E-state index contributed by atoms with van der Waals surface area (Å²) >= 11 is 6.17. The van der Waals surface area contributed by atoms with Crippen LogP contribution in [0, 0.1) is 0 Å². The molecule has 5 nitrogen and oxygen atoms in total. The predicted octanol–water partition coefficient (Wildman–Crippen LogP) is 7.36. The van der Waals surface area contributed by atoms with E-state index in [-0.39, 0.29) is 27.7 Å². The second-order valence-electron chi connectivity index (χ2n) is 7.38. The molecule has 4 aromatic rings. The van der Waals surface area contributed by atoms with Crippen molar-refractivity contribution in [1.29, 1.82) is 0 Å².